The fourth-order valence-corrected chi connectivity index (χ4v) is 4.75. The molecule has 1 saturated carbocycles. The van der Waals surface area contributed by atoms with Crippen molar-refractivity contribution in [1.82, 2.24) is 4.90 Å². The lowest BCUT2D eigenvalue weighted by Crippen LogP contribution is -2.21. The summed E-state index contributed by atoms with van der Waals surface area (Å²) in [6, 6.07) is 7.92. The maximum Gasteiger partial charge on any atom is 0.222 e. The van der Waals surface area contributed by atoms with Crippen molar-refractivity contribution >= 4 is 5.91 Å². The van der Waals surface area contributed by atoms with Crippen molar-refractivity contribution in [3.05, 3.63) is 59.2 Å². The van der Waals surface area contributed by atoms with Crippen molar-refractivity contribution in [1.29, 1.82) is 0 Å². The van der Waals surface area contributed by atoms with E-state index in [0.29, 0.717) is 18.3 Å². The summed E-state index contributed by atoms with van der Waals surface area (Å²) in [5, 5.41) is 21.0. The molecule has 0 unspecified atom stereocenters. The van der Waals surface area contributed by atoms with Gasteiger partial charge in [-0.1, -0.05) is 53.6 Å². The highest BCUT2D eigenvalue weighted by Crippen LogP contribution is 2.48. The first-order valence-electron chi connectivity index (χ1n) is 10.9. The summed E-state index contributed by atoms with van der Waals surface area (Å²) in [5.74, 6) is 1.17. The van der Waals surface area contributed by atoms with Gasteiger partial charge in [0.25, 0.3) is 0 Å². The highest BCUT2D eigenvalue weighted by Gasteiger charge is 2.43. The Morgan fingerprint density at radius 1 is 1.24 bits per heavy atom. The summed E-state index contributed by atoms with van der Waals surface area (Å²) < 4.78 is 0. The van der Waals surface area contributed by atoms with Crippen molar-refractivity contribution in [3.63, 3.8) is 0 Å². The van der Waals surface area contributed by atoms with Crippen LogP contribution in [0.5, 0.6) is 0 Å². The number of benzene rings is 1. The van der Waals surface area contributed by atoms with Gasteiger partial charge in [-0.15, -0.1) is 0 Å². The molecule has 0 heterocycles. The van der Waals surface area contributed by atoms with Gasteiger partial charge in [-0.25, -0.2) is 0 Å². The summed E-state index contributed by atoms with van der Waals surface area (Å²) >= 11 is 0. The summed E-state index contributed by atoms with van der Waals surface area (Å²) in [4.78, 5) is 13.3. The summed E-state index contributed by atoms with van der Waals surface area (Å²) in [5.41, 5.74) is 3.53. The van der Waals surface area contributed by atoms with E-state index in [1.165, 1.54) is 11.1 Å². The first-order valence-corrected chi connectivity index (χ1v) is 10.9. The zero-order valence-electron chi connectivity index (χ0n) is 17.9. The Morgan fingerprint density at radius 2 is 1.97 bits per heavy atom. The first-order chi connectivity index (χ1) is 13.8. The molecule has 0 bridgehead atoms. The van der Waals surface area contributed by atoms with E-state index in [4.69, 9.17) is 0 Å². The van der Waals surface area contributed by atoms with Gasteiger partial charge in [0.1, 0.15) is 0 Å². The van der Waals surface area contributed by atoms with Crippen LogP contribution in [0.2, 0.25) is 0 Å². The Hall–Kier alpha value is -1.91. The van der Waals surface area contributed by atoms with E-state index < -0.39 is 6.10 Å². The number of aliphatic hydroxyl groups is 2. The molecule has 2 aliphatic rings. The molecule has 2 N–H and O–H groups in total. The number of nitrogens with zero attached hydrogens (tertiary/aromatic N) is 1. The lowest BCUT2D eigenvalue weighted by Gasteiger charge is -2.19. The van der Waals surface area contributed by atoms with E-state index in [0.717, 1.165) is 37.7 Å². The third-order valence-electron chi connectivity index (χ3n) is 6.52. The van der Waals surface area contributed by atoms with Gasteiger partial charge in [-0.2, -0.15) is 0 Å². The molecule has 5 atom stereocenters. The molecule has 1 amide bonds. The number of carbonyl (C=O) groups excluding carboxylic acids is 1. The molecule has 2 aliphatic carbocycles. The van der Waals surface area contributed by atoms with Crippen LogP contribution in [0.25, 0.3) is 0 Å². The molecule has 0 saturated heterocycles. The Bertz CT molecular complexity index is 750. The molecule has 4 heteroatoms. The second-order valence-electron chi connectivity index (χ2n) is 8.97. The molecule has 1 aromatic carbocycles. The standard InChI is InChI=1S/C25H35NO3/c1-17-8-10-19(11-9-17)23(27)13-12-21-22-15-18(14-20(22)16-24(21)28)6-4-5-7-25(29)26(2)3/h8-14,20-24,27-28H,4-7,15-16H2,1-3H3/b13-12+/t20-,21+,22-,23-,24+/m0/s1. The molecule has 1 fully saturated rings. The molecule has 29 heavy (non-hydrogen) atoms. The largest absolute Gasteiger partial charge is 0.392 e. The predicted molar refractivity (Wildman–Crippen MR) is 116 cm³/mol. The molecular formula is C25H35NO3. The fourth-order valence-electron chi connectivity index (χ4n) is 4.75. The third kappa shape index (κ3) is 5.58. The molecule has 0 radical (unpaired) electrons. The van der Waals surface area contributed by atoms with E-state index in [1.54, 1.807) is 19.0 Å². The van der Waals surface area contributed by atoms with Gasteiger partial charge >= 0.3 is 0 Å². The van der Waals surface area contributed by atoms with Crippen molar-refractivity contribution in [2.45, 2.75) is 57.7 Å². The van der Waals surface area contributed by atoms with Crippen molar-refractivity contribution in [2.24, 2.45) is 17.8 Å². The van der Waals surface area contributed by atoms with Crippen LogP contribution in [-0.4, -0.2) is 41.2 Å². The molecule has 1 aromatic rings. The van der Waals surface area contributed by atoms with E-state index in [2.05, 4.69) is 6.08 Å². The maximum atomic E-state index is 11.7. The smallest absolute Gasteiger partial charge is 0.222 e. The van der Waals surface area contributed by atoms with Crippen LogP contribution in [0.1, 0.15) is 55.8 Å². The predicted octanol–water partition coefficient (Wildman–Crippen LogP) is 4.18. The number of hydrogen-bond acceptors (Lipinski definition) is 3. The number of fused-ring (bicyclic) bond motifs is 1. The first kappa shape index (κ1) is 21.8. The van der Waals surface area contributed by atoms with Crippen molar-refractivity contribution < 1.29 is 15.0 Å². The Balaban J connectivity index is 1.50. The van der Waals surface area contributed by atoms with Gasteiger partial charge in [-0.05, 0) is 56.4 Å². The van der Waals surface area contributed by atoms with Crippen LogP contribution >= 0.6 is 0 Å². The van der Waals surface area contributed by atoms with Crippen LogP contribution in [0.3, 0.4) is 0 Å². The molecule has 0 aromatic heterocycles. The normalized spacial score (nSPS) is 27.1. The number of aryl methyl sites for hydroxylation is 1. The molecule has 0 spiro atoms. The minimum atomic E-state index is -0.634. The van der Waals surface area contributed by atoms with Crippen LogP contribution in [0.15, 0.2) is 48.1 Å². The van der Waals surface area contributed by atoms with Crippen LogP contribution < -0.4 is 0 Å². The fraction of sp³-hybridized carbons (Fsp3) is 0.560. The molecule has 3 rings (SSSR count). The Labute approximate surface area is 174 Å². The molecule has 0 aliphatic heterocycles. The van der Waals surface area contributed by atoms with Gasteiger partial charge in [0.05, 0.1) is 12.2 Å². The number of carbonyl (C=O) groups is 1. The van der Waals surface area contributed by atoms with Crippen LogP contribution in [0, 0.1) is 24.7 Å². The maximum absolute atomic E-state index is 11.7. The minimum Gasteiger partial charge on any atom is -0.392 e. The van der Waals surface area contributed by atoms with E-state index in [9.17, 15) is 15.0 Å². The Kier molecular flexibility index (Phi) is 7.31. The number of allylic oxidation sites excluding steroid dienone is 2. The van der Waals surface area contributed by atoms with Crippen molar-refractivity contribution in [3.8, 4) is 0 Å². The van der Waals surface area contributed by atoms with E-state index >= 15 is 0 Å². The summed E-state index contributed by atoms with van der Waals surface area (Å²) in [6.07, 6.45) is 10.7. The minimum absolute atomic E-state index is 0.101. The van der Waals surface area contributed by atoms with Gasteiger partial charge in [0, 0.05) is 26.4 Å². The second-order valence-corrected chi connectivity index (χ2v) is 8.97. The quantitative estimate of drug-likeness (QED) is 0.511. The highest BCUT2D eigenvalue weighted by atomic mass is 16.3. The highest BCUT2D eigenvalue weighted by molar-refractivity contribution is 5.75. The zero-order chi connectivity index (χ0) is 21.0. The molecule has 158 valence electrons. The van der Waals surface area contributed by atoms with Crippen molar-refractivity contribution in [2.75, 3.05) is 14.1 Å². The van der Waals surface area contributed by atoms with Crippen LogP contribution in [0.4, 0.5) is 0 Å². The SMILES string of the molecule is Cc1ccc([C@@H](O)/C=C/[C@@H]2[C@H]3CC(CCCCC(=O)N(C)C)=C[C@H]3C[C@H]2O)cc1. The number of aliphatic hydroxyl groups excluding tert-OH is 2. The number of amides is 1. The van der Waals surface area contributed by atoms with Gasteiger partial charge < -0.3 is 15.1 Å². The number of unbranched alkanes of at least 4 members (excludes halogenated alkanes) is 1. The van der Waals surface area contributed by atoms with E-state index in [-0.39, 0.29) is 17.9 Å². The lowest BCUT2D eigenvalue weighted by molar-refractivity contribution is -0.128. The summed E-state index contributed by atoms with van der Waals surface area (Å²) in [7, 11) is 3.61. The number of rotatable bonds is 8. The topological polar surface area (TPSA) is 60.8 Å². The Morgan fingerprint density at radius 3 is 2.66 bits per heavy atom. The average Bonchev–Trinajstić information content (AvgIpc) is 3.20. The lowest BCUT2D eigenvalue weighted by atomic mass is 9.88. The van der Waals surface area contributed by atoms with Gasteiger partial charge in [0.2, 0.25) is 5.91 Å². The monoisotopic (exact) mass is 397 g/mol. The van der Waals surface area contributed by atoms with E-state index in [1.807, 2.05) is 43.3 Å². The third-order valence-corrected chi connectivity index (χ3v) is 6.52. The van der Waals surface area contributed by atoms with Gasteiger partial charge in [-0.3, -0.25) is 4.79 Å². The number of hydrogen-bond donors (Lipinski definition) is 2. The van der Waals surface area contributed by atoms with Gasteiger partial charge in [0.15, 0.2) is 0 Å². The second kappa shape index (κ2) is 9.73. The zero-order valence-corrected chi connectivity index (χ0v) is 17.9. The van der Waals surface area contributed by atoms with Crippen LogP contribution in [-0.2, 0) is 4.79 Å². The molecule has 4 nitrogen and oxygen atoms in total. The average molecular weight is 398 g/mol. The molecular weight excluding hydrogens is 362 g/mol. The summed E-state index contributed by atoms with van der Waals surface area (Å²) in [6.45, 7) is 2.03.